The Labute approximate surface area is 123 Å². The molecule has 0 aliphatic carbocycles. The van der Waals surface area contributed by atoms with Crippen molar-refractivity contribution < 1.29 is 19.1 Å². The summed E-state index contributed by atoms with van der Waals surface area (Å²) in [6.07, 6.45) is -0.644. The maximum absolute atomic E-state index is 11.8. The SMILES string of the molecule is COc1ccc(C(=O)CCl)c(NC(=O)OC(C)(C)C)c1. The molecule has 0 fully saturated rings. The first-order valence-electron chi connectivity index (χ1n) is 6.04. The molecule has 1 rings (SSSR count). The van der Waals surface area contributed by atoms with E-state index in [-0.39, 0.29) is 11.7 Å². The molecule has 0 radical (unpaired) electrons. The molecule has 20 heavy (non-hydrogen) atoms. The third-order valence-corrected chi connectivity index (χ3v) is 2.53. The second-order valence-corrected chi connectivity index (χ2v) is 5.36. The maximum atomic E-state index is 11.8. The number of hydrogen-bond acceptors (Lipinski definition) is 4. The highest BCUT2D eigenvalue weighted by molar-refractivity contribution is 6.31. The summed E-state index contributed by atoms with van der Waals surface area (Å²) in [7, 11) is 1.50. The number of benzene rings is 1. The van der Waals surface area contributed by atoms with Crippen molar-refractivity contribution in [2.75, 3.05) is 18.3 Å². The zero-order valence-corrected chi connectivity index (χ0v) is 12.7. The van der Waals surface area contributed by atoms with E-state index in [0.717, 1.165) is 0 Å². The minimum Gasteiger partial charge on any atom is -0.497 e. The van der Waals surface area contributed by atoms with Gasteiger partial charge in [0.15, 0.2) is 5.78 Å². The first kappa shape index (κ1) is 16.3. The summed E-state index contributed by atoms with van der Waals surface area (Å²) in [6, 6.07) is 4.72. The minimum atomic E-state index is -0.644. The monoisotopic (exact) mass is 299 g/mol. The summed E-state index contributed by atoms with van der Waals surface area (Å²) in [4.78, 5) is 23.5. The van der Waals surface area contributed by atoms with Gasteiger partial charge in [0, 0.05) is 11.6 Å². The van der Waals surface area contributed by atoms with Gasteiger partial charge in [0.1, 0.15) is 11.4 Å². The van der Waals surface area contributed by atoms with E-state index in [1.165, 1.54) is 7.11 Å². The van der Waals surface area contributed by atoms with E-state index >= 15 is 0 Å². The summed E-state index contributed by atoms with van der Waals surface area (Å²) in [5, 5.41) is 2.54. The number of alkyl halides is 1. The van der Waals surface area contributed by atoms with E-state index in [0.29, 0.717) is 17.0 Å². The Morgan fingerprint density at radius 1 is 1.30 bits per heavy atom. The molecule has 1 N–H and O–H groups in total. The summed E-state index contributed by atoms with van der Waals surface area (Å²) < 4.78 is 10.2. The van der Waals surface area contributed by atoms with Crippen molar-refractivity contribution in [2.45, 2.75) is 26.4 Å². The van der Waals surface area contributed by atoms with Crippen LogP contribution in [-0.2, 0) is 4.74 Å². The number of anilines is 1. The Bertz CT molecular complexity index is 508. The van der Waals surface area contributed by atoms with Gasteiger partial charge in [-0.3, -0.25) is 10.1 Å². The molecule has 0 aliphatic rings. The van der Waals surface area contributed by atoms with Crippen LogP contribution in [0.4, 0.5) is 10.5 Å². The van der Waals surface area contributed by atoms with Gasteiger partial charge < -0.3 is 9.47 Å². The molecule has 1 amide bonds. The van der Waals surface area contributed by atoms with Crippen molar-refractivity contribution in [2.24, 2.45) is 0 Å². The third-order valence-electron chi connectivity index (χ3n) is 2.28. The van der Waals surface area contributed by atoms with Gasteiger partial charge in [0.05, 0.1) is 18.7 Å². The number of carbonyl (C=O) groups is 2. The predicted octanol–water partition coefficient (Wildman–Crippen LogP) is 3.46. The Morgan fingerprint density at radius 2 is 1.95 bits per heavy atom. The van der Waals surface area contributed by atoms with E-state index in [9.17, 15) is 9.59 Å². The fraction of sp³-hybridized carbons (Fsp3) is 0.429. The van der Waals surface area contributed by atoms with E-state index in [1.807, 2.05) is 0 Å². The van der Waals surface area contributed by atoms with Crippen molar-refractivity contribution >= 4 is 29.2 Å². The molecule has 1 aromatic carbocycles. The number of halogens is 1. The number of ketones is 1. The molecule has 6 heteroatoms. The average Bonchev–Trinajstić information content (AvgIpc) is 2.35. The number of Topliss-reactive ketones (excluding diaryl/α,β-unsaturated/α-hetero) is 1. The predicted molar refractivity (Wildman–Crippen MR) is 77.9 cm³/mol. The molecule has 0 unspecified atom stereocenters. The molecule has 0 aliphatic heterocycles. The summed E-state index contributed by atoms with van der Waals surface area (Å²) in [5.41, 5.74) is -0.00418. The molecule has 0 spiro atoms. The van der Waals surface area contributed by atoms with Crippen molar-refractivity contribution in [3.8, 4) is 5.75 Å². The summed E-state index contributed by atoms with van der Waals surface area (Å²) >= 11 is 5.55. The lowest BCUT2D eigenvalue weighted by atomic mass is 10.1. The normalized spacial score (nSPS) is 10.8. The minimum absolute atomic E-state index is 0.171. The Morgan fingerprint density at radius 3 is 2.45 bits per heavy atom. The van der Waals surface area contributed by atoms with E-state index in [4.69, 9.17) is 21.1 Å². The lowest BCUT2D eigenvalue weighted by Crippen LogP contribution is -2.27. The van der Waals surface area contributed by atoms with Gasteiger partial charge >= 0.3 is 6.09 Å². The fourth-order valence-electron chi connectivity index (χ4n) is 1.48. The Hall–Kier alpha value is -1.75. The van der Waals surface area contributed by atoms with Gasteiger partial charge in [0.25, 0.3) is 0 Å². The highest BCUT2D eigenvalue weighted by atomic mass is 35.5. The molecule has 0 heterocycles. The van der Waals surface area contributed by atoms with E-state index in [1.54, 1.807) is 39.0 Å². The van der Waals surface area contributed by atoms with Gasteiger partial charge in [0.2, 0.25) is 0 Å². The number of amides is 1. The zero-order chi connectivity index (χ0) is 15.3. The third kappa shape index (κ3) is 4.74. The number of nitrogens with one attached hydrogen (secondary N) is 1. The fourth-order valence-corrected chi connectivity index (χ4v) is 1.63. The average molecular weight is 300 g/mol. The van der Waals surface area contributed by atoms with Gasteiger partial charge in [-0.15, -0.1) is 11.6 Å². The van der Waals surface area contributed by atoms with Gasteiger partial charge in [-0.2, -0.15) is 0 Å². The van der Waals surface area contributed by atoms with Crippen LogP contribution in [0.5, 0.6) is 5.75 Å². The second-order valence-electron chi connectivity index (χ2n) is 5.10. The first-order chi connectivity index (χ1) is 9.26. The summed E-state index contributed by atoms with van der Waals surface area (Å²) in [6.45, 7) is 5.26. The Balaban J connectivity index is 3.01. The molecule has 110 valence electrons. The highest BCUT2D eigenvalue weighted by Gasteiger charge is 2.19. The number of ether oxygens (including phenoxy) is 2. The molecular formula is C14H18ClNO4. The van der Waals surface area contributed by atoms with Gasteiger partial charge in [-0.1, -0.05) is 0 Å². The molecule has 0 atom stereocenters. The largest absolute Gasteiger partial charge is 0.497 e. The number of carbonyl (C=O) groups excluding carboxylic acids is 2. The van der Waals surface area contributed by atoms with Gasteiger partial charge in [-0.25, -0.2) is 4.79 Å². The standard InChI is InChI=1S/C14H18ClNO4/c1-14(2,3)20-13(18)16-11-7-9(19-4)5-6-10(11)12(17)8-15/h5-7H,8H2,1-4H3,(H,16,18). The maximum Gasteiger partial charge on any atom is 0.412 e. The lowest BCUT2D eigenvalue weighted by molar-refractivity contribution is 0.0636. The van der Waals surface area contributed by atoms with Crippen LogP contribution >= 0.6 is 11.6 Å². The van der Waals surface area contributed by atoms with Crippen LogP contribution in [0, 0.1) is 0 Å². The number of rotatable bonds is 4. The lowest BCUT2D eigenvalue weighted by Gasteiger charge is -2.20. The van der Waals surface area contributed by atoms with Crippen molar-refractivity contribution in [1.82, 2.24) is 0 Å². The molecule has 1 aromatic rings. The quantitative estimate of drug-likeness (QED) is 0.683. The number of methoxy groups -OCH3 is 1. The molecule has 5 nitrogen and oxygen atoms in total. The van der Waals surface area contributed by atoms with Crippen molar-refractivity contribution in [3.05, 3.63) is 23.8 Å². The second kappa shape index (κ2) is 6.61. The van der Waals surface area contributed by atoms with Crippen LogP contribution in [0.1, 0.15) is 31.1 Å². The van der Waals surface area contributed by atoms with E-state index < -0.39 is 11.7 Å². The van der Waals surface area contributed by atoms with Gasteiger partial charge in [-0.05, 0) is 32.9 Å². The smallest absolute Gasteiger partial charge is 0.412 e. The van der Waals surface area contributed by atoms with Crippen LogP contribution in [0.3, 0.4) is 0 Å². The topological polar surface area (TPSA) is 64.6 Å². The van der Waals surface area contributed by atoms with E-state index in [2.05, 4.69) is 5.32 Å². The molecule has 0 bridgehead atoms. The Kier molecular flexibility index (Phi) is 5.39. The molecule has 0 saturated heterocycles. The summed E-state index contributed by atoms with van der Waals surface area (Å²) in [5.74, 6) is 0.0533. The van der Waals surface area contributed by atoms with Crippen molar-refractivity contribution in [3.63, 3.8) is 0 Å². The van der Waals surface area contributed by atoms with Crippen LogP contribution < -0.4 is 10.1 Å². The van der Waals surface area contributed by atoms with Crippen LogP contribution in [0.15, 0.2) is 18.2 Å². The van der Waals surface area contributed by atoms with Crippen molar-refractivity contribution in [1.29, 1.82) is 0 Å². The first-order valence-corrected chi connectivity index (χ1v) is 6.57. The number of hydrogen-bond donors (Lipinski definition) is 1. The molecular weight excluding hydrogens is 282 g/mol. The molecule has 0 aromatic heterocycles. The highest BCUT2D eigenvalue weighted by Crippen LogP contribution is 2.24. The van der Waals surface area contributed by atoms with Crippen LogP contribution in [0.2, 0.25) is 0 Å². The van der Waals surface area contributed by atoms with Crippen LogP contribution in [-0.4, -0.2) is 30.5 Å². The van der Waals surface area contributed by atoms with Crippen LogP contribution in [0.25, 0.3) is 0 Å². The zero-order valence-electron chi connectivity index (χ0n) is 12.0. The molecule has 0 saturated carbocycles.